The molecule has 1 aliphatic carbocycles. The molecule has 0 bridgehead atoms. The van der Waals surface area contributed by atoms with Crippen molar-refractivity contribution in [3.63, 3.8) is 0 Å². The second-order valence-electron chi connectivity index (χ2n) is 5.89. The number of aliphatic hydroxyl groups is 1. The van der Waals surface area contributed by atoms with Gasteiger partial charge in [0.25, 0.3) is 0 Å². The Balaban J connectivity index is 1.69. The van der Waals surface area contributed by atoms with Crippen LogP contribution in [0.25, 0.3) is 0 Å². The van der Waals surface area contributed by atoms with Gasteiger partial charge in [0.05, 0.1) is 11.3 Å². The van der Waals surface area contributed by atoms with Gasteiger partial charge in [0.1, 0.15) is 12.4 Å². The average molecular weight is 261 g/mol. The fraction of sp³-hybridized carbons (Fsp3) is 0.625. The van der Waals surface area contributed by atoms with Crippen molar-refractivity contribution in [3.05, 3.63) is 23.8 Å². The molecule has 3 rings (SSSR count). The molecule has 0 spiro atoms. The third-order valence-electron chi connectivity index (χ3n) is 4.32. The van der Waals surface area contributed by atoms with Crippen LogP contribution in [0.1, 0.15) is 44.1 Å². The highest BCUT2D eigenvalue weighted by atomic mass is 16.5. The molecule has 0 atom stereocenters. The molecule has 1 heterocycles. The van der Waals surface area contributed by atoms with Gasteiger partial charge in [0, 0.05) is 6.54 Å². The van der Waals surface area contributed by atoms with Gasteiger partial charge >= 0.3 is 0 Å². The van der Waals surface area contributed by atoms with Gasteiger partial charge in [-0.25, -0.2) is 0 Å². The maximum Gasteiger partial charge on any atom is 0.142 e. The molecule has 104 valence electrons. The van der Waals surface area contributed by atoms with E-state index in [4.69, 9.17) is 4.74 Å². The number of hydrogen-bond donors (Lipinski definition) is 2. The molecule has 1 fully saturated rings. The first-order valence-corrected chi connectivity index (χ1v) is 7.48. The highest BCUT2D eigenvalue weighted by molar-refractivity contribution is 5.63. The standard InChI is InChI=1S/C16H23NO2/c18-16(9-2-1-3-10-16)12-19-14-8-4-6-13-7-5-11-17-15(13)14/h4,6,8,17-18H,1-3,5,7,9-12H2. The number of nitrogens with one attached hydrogen (secondary N) is 1. The Labute approximate surface area is 115 Å². The molecular weight excluding hydrogens is 238 g/mol. The molecule has 1 aliphatic heterocycles. The quantitative estimate of drug-likeness (QED) is 0.878. The maximum atomic E-state index is 10.5. The summed E-state index contributed by atoms with van der Waals surface area (Å²) in [4.78, 5) is 0. The van der Waals surface area contributed by atoms with E-state index < -0.39 is 5.60 Å². The van der Waals surface area contributed by atoms with Gasteiger partial charge in [0.15, 0.2) is 0 Å². The van der Waals surface area contributed by atoms with Gasteiger partial charge in [-0.2, -0.15) is 0 Å². The van der Waals surface area contributed by atoms with Crippen LogP contribution in [-0.4, -0.2) is 23.9 Å². The van der Waals surface area contributed by atoms with Crippen molar-refractivity contribution in [2.24, 2.45) is 0 Å². The van der Waals surface area contributed by atoms with Crippen molar-refractivity contribution in [1.29, 1.82) is 0 Å². The zero-order chi connectivity index (χ0) is 13.1. The van der Waals surface area contributed by atoms with Crippen molar-refractivity contribution in [2.45, 2.75) is 50.5 Å². The number of rotatable bonds is 3. The van der Waals surface area contributed by atoms with Crippen molar-refractivity contribution in [1.82, 2.24) is 0 Å². The minimum atomic E-state index is -0.615. The Morgan fingerprint density at radius 2 is 2.00 bits per heavy atom. The summed E-state index contributed by atoms with van der Waals surface area (Å²) < 4.78 is 5.93. The molecule has 3 nitrogen and oxygen atoms in total. The van der Waals surface area contributed by atoms with Crippen LogP contribution in [-0.2, 0) is 6.42 Å². The predicted octanol–water partition coefficient (Wildman–Crippen LogP) is 3.12. The smallest absolute Gasteiger partial charge is 0.142 e. The number of ether oxygens (including phenoxy) is 1. The van der Waals surface area contributed by atoms with Gasteiger partial charge in [-0.15, -0.1) is 0 Å². The highest BCUT2D eigenvalue weighted by Gasteiger charge is 2.30. The summed E-state index contributed by atoms with van der Waals surface area (Å²) in [5, 5.41) is 13.9. The number of anilines is 1. The fourth-order valence-corrected chi connectivity index (χ4v) is 3.16. The summed E-state index contributed by atoms with van der Waals surface area (Å²) in [6.07, 6.45) is 7.51. The molecule has 2 aliphatic rings. The summed E-state index contributed by atoms with van der Waals surface area (Å²) in [6.45, 7) is 1.43. The normalized spacial score (nSPS) is 21.3. The lowest BCUT2D eigenvalue weighted by Gasteiger charge is -2.32. The van der Waals surface area contributed by atoms with Crippen LogP contribution >= 0.6 is 0 Å². The Morgan fingerprint density at radius 1 is 1.16 bits per heavy atom. The fourth-order valence-electron chi connectivity index (χ4n) is 3.16. The van der Waals surface area contributed by atoms with E-state index in [0.717, 1.165) is 50.1 Å². The van der Waals surface area contributed by atoms with Crippen LogP contribution in [0.4, 0.5) is 5.69 Å². The molecule has 1 aromatic rings. The molecule has 0 unspecified atom stereocenters. The van der Waals surface area contributed by atoms with E-state index in [0.29, 0.717) is 6.61 Å². The lowest BCUT2D eigenvalue weighted by molar-refractivity contribution is -0.0337. The maximum absolute atomic E-state index is 10.5. The second-order valence-corrected chi connectivity index (χ2v) is 5.89. The van der Waals surface area contributed by atoms with E-state index in [9.17, 15) is 5.11 Å². The largest absolute Gasteiger partial charge is 0.488 e. The molecular formula is C16H23NO2. The molecule has 1 saturated carbocycles. The minimum Gasteiger partial charge on any atom is -0.488 e. The Morgan fingerprint density at radius 3 is 2.84 bits per heavy atom. The van der Waals surface area contributed by atoms with E-state index in [1.54, 1.807) is 0 Å². The van der Waals surface area contributed by atoms with Crippen molar-refractivity contribution >= 4 is 5.69 Å². The summed E-state index contributed by atoms with van der Waals surface area (Å²) in [5.74, 6) is 0.899. The van der Waals surface area contributed by atoms with Gasteiger partial charge in [0.2, 0.25) is 0 Å². The summed E-state index contributed by atoms with van der Waals surface area (Å²) in [6, 6.07) is 6.21. The van der Waals surface area contributed by atoms with E-state index >= 15 is 0 Å². The Hall–Kier alpha value is -1.22. The first kappa shape index (κ1) is 12.8. The van der Waals surface area contributed by atoms with Gasteiger partial charge in [-0.1, -0.05) is 31.4 Å². The van der Waals surface area contributed by atoms with Crippen LogP contribution in [0.5, 0.6) is 5.75 Å². The van der Waals surface area contributed by atoms with Crippen LogP contribution < -0.4 is 10.1 Å². The summed E-state index contributed by atoms with van der Waals surface area (Å²) in [7, 11) is 0. The van der Waals surface area contributed by atoms with Crippen LogP contribution in [0, 0.1) is 0 Å². The predicted molar refractivity (Wildman–Crippen MR) is 76.8 cm³/mol. The SMILES string of the molecule is OC1(COc2cccc3c2NCCC3)CCCCC1. The first-order chi connectivity index (χ1) is 9.27. The van der Waals surface area contributed by atoms with Crippen molar-refractivity contribution in [2.75, 3.05) is 18.5 Å². The molecule has 0 radical (unpaired) electrons. The molecule has 0 saturated heterocycles. The number of aryl methyl sites for hydroxylation is 1. The molecule has 0 aromatic heterocycles. The molecule has 3 heteroatoms. The third kappa shape index (κ3) is 2.86. The summed E-state index contributed by atoms with van der Waals surface area (Å²) in [5.41, 5.74) is 1.85. The first-order valence-electron chi connectivity index (χ1n) is 7.48. The lowest BCUT2D eigenvalue weighted by Crippen LogP contribution is -2.38. The number of fused-ring (bicyclic) bond motifs is 1. The Kier molecular flexibility index (Phi) is 3.65. The van der Waals surface area contributed by atoms with E-state index in [1.165, 1.54) is 18.4 Å². The summed E-state index contributed by atoms with van der Waals surface area (Å²) >= 11 is 0. The van der Waals surface area contributed by atoms with Crippen molar-refractivity contribution < 1.29 is 9.84 Å². The number of benzene rings is 1. The van der Waals surface area contributed by atoms with E-state index in [2.05, 4.69) is 11.4 Å². The zero-order valence-corrected chi connectivity index (χ0v) is 11.5. The number of hydrogen-bond acceptors (Lipinski definition) is 3. The van der Waals surface area contributed by atoms with E-state index in [-0.39, 0.29) is 0 Å². The van der Waals surface area contributed by atoms with Crippen LogP contribution in [0.15, 0.2) is 18.2 Å². The third-order valence-corrected chi connectivity index (χ3v) is 4.32. The molecule has 19 heavy (non-hydrogen) atoms. The van der Waals surface area contributed by atoms with Crippen LogP contribution in [0.3, 0.4) is 0 Å². The van der Waals surface area contributed by atoms with Gasteiger partial charge in [-0.3, -0.25) is 0 Å². The van der Waals surface area contributed by atoms with Gasteiger partial charge in [-0.05, 0) is 37.3 Å². The lowest BCUT2D eigenvalue weighted by atomic mass is 9.85. The average Bonchev–Trinajstić information content (AvgIpc) is 2.46. The minimum absolute atomic E-state index is 0.422. The zero-order valence-electron chi connectivity index (χ0n) is 11.5. The molecule has 2 N–H and O–H groups in total. The highest BCUT2D eigenvalue weighted by Crippen LogP contribution is 2.34. The molecule has 0 amide bonds. The topological polar surface area (TPSA) is 41.5 Å². The Bertz CT molecular complexity index is 438. The van der Waals surface area contributed by atoms with Crippen LogP contribution in [0.2, 0.25) is 0 Å². The molecule has 1 aromatic carbocycles. The van der Waals surface area contributed by atoms with Crippen molar-refractivity contribution in [3.8, 4) is 5.75 Å². The monoisotopic (exact) mass is 261 g/mol. The number of para-hydroxylation sites is 1. The van der Waals surface area contributed by atoms with E-state index in [1.807, 2.05) is 12.1 Å². The second kappa shape index (κ2) is 5.41. The van der Waals surface area contributed by atoms with Gasteiger partial charge < -0.3 is 15.2 Å².